The van der Waals surface area contributed by atoms with Crippen molar-refractivity contribution in [3.63, 3.8) is 0 Å². The standard InChI is InChI=1S/C14H17F2NO3/c1-9(17-7-6-11(8-17)13(18)19)10-2-4-12(5-3-10)20-14(15)16/h2-5,9,11,14H,6-8H2,1H3,(H,18,19). The maximum absolute atomic E-state index is 12.1. The smallest absolute Gasteiger partial charge is 0.387 e. The van der Waals surface area contributed by atoms with Crippen LogP contribution in [-0.2, 0) is 4.79 Å². The maximum atomic E-state index is 12.1. The van der Waals surface area contributed by atoms with E-state index in [0.29, 0.717) is 13.0 Å². The van der Waals surface area contributed by atoms with Crippen LogP contribution in [0, 0.1) is 5.92 Å². The van der Waals surface area contributed by atoms with Gasteiger partial charge in [0, 0.05) is 12.6 Å². The van der Waals surface area contributed by atoms with Gasteiger partial charge in [0.15, 0.2) is 0 Å². The van der Waals surface area contributed by atoms with Gasteiger partial charge in [0.1, 0.15) is 5.75 Å². The topological polar surface area (TPSA) is 49.8 Å². The minimum absolute atomic E-state index is 0.0555. The zero-order chi connectivity index (χ0) is 14.7. The van der Waals surface area contributed by atoms with Gasteiger partial charge in [-0.1, -0.05) is 12.1 Å². The van der Waals surface area contributed by atoms with Crippen LogP contribution >= 0.6 is 0 Å². The van der Waals surface area contributed by atoms with Crippen molar-refractivity contribution < 1.29 is 23.4 Å². The molecule has 4 nitrogen and oxygen atoms in total. The van der Waals surface area contributed by atoms with E-state index in [4.69, 9.17) is 5.11 Å². The number of rotatable bonds is 5. The van der Waals surface area contributed by atoms with Gasteiger partial charge in [0.2, 0.25) is 0 Å². The van der Waals surface area contributed by atoms with Crippen molar-refractivity contribution in [1.29, 1.82) is 0 Å². The first-order valence-corrected chi connectivity index (χ1v) is 6.49. The fourth-order valence-electron chi connectivity index (χ4n) is 2.48. The van der Waals surface area contributed by atoms with Gasteiger partial charge >= 0.3 is 12.6 Å². The van der Waals surface area contributed by atoms with Gasteiger partial charge in [-0.15, -0.1) is 0 Å². The van der Waals surface area contributed by atoms with Crippen molar-refractivity contribution in [2.75, 3.05) is 13.1 Å². The molecule has 2 rings (SSSR count). The van der Waals surface area contributed by atoms with E-state index in [-0.39, 0.29) is 17.7 Å². The summed E-state index contributed by atoms with van der Waals surface area (Å²) in [6.07, 6.45) is 0.645. The molecule has 0 aromatic heterocycles. The number of ether oxygens (including phenoxy) is 1. The Hall–Kier alpha value is -1.69. The van der Waals surface area contributed by atoms with E-state index < -0.39 is 12.6 Å². The second-order valence-corrected chi connectivity index (χ2v) is 4.94. The number of likely N-dealkylation sites (tertiary alicyclic amines) is 1. The predicted octanol–water partition coefficient (Wildman–Crippen LogP) is 2.76. The third-order valence-corrected chi connectivity index (χ3v) is 3.70. The highest BCUT2D eigenvalue weighted by atomic mass is 19.3. The van der Waals surface area contributed by atoms with Gasteiger partial charge < -0.3 is 9.84 Å². The Balaban J connectivity index is 1.99. The molecule has 1 aliphatic rings. The van der Waals surface area contributed by atoms with Crippen LogP contribution in [0.1, 0.15) is 24.9 Å². The summed E-state index contributed by atoms with van der Waals surface area (Å²) in [5.74, 6) is -0.958. The Bertz CT molecular complexity index is 464. The molecular weight excluding hydrogens is 268 g/mol. The monoisotopic (exact) mass is 285 g/mol. The molecule has 1 aromatic carbocycles. The summed E-state index contributed by atoms with van der Waals surface area (Å²) >= 11 is 0. The van der Waals surface area contributed by atoms with Crippen molar-refractivity contribution in [3.8, 4) is 5.75 Å². The van der Waals surface area contributed by atoms with Crippen LogP contribution in [0.3, 0.4) is 0 Å². The van der Waals surface area contributed by atoms with Crippen molar-refractivity contribution in [2.45, 2.75) is 26.0 Å². The molecule has 0 spiro atoms. The number of carboxylic acids is 1. The van der Waals surface area contributed by atoms with E-state index in [0.717, 1.165) is 12.1 Å². The summed E-state index contributed by atoms with van der Waals surface area (Å²) in [6.45, 7) is 0.403. The molecule has 6 heteroatoms. The van der Waals surface area contributed by atoms with Gasteiger partial charge in [-0.3, -0.25) is 9.69 Å². The minimum Gasteiger partial charge on any atom is -0.481 e. The highest BCUT2D eigenvalue weighted by molar-refractivity contribution is 5.70. The molecule has 20 heavy (non-hydrogen) atoms. The molecule has 110 valence electrons. The Morgan fingerprint density at radius 2 is 2.05 bits per heavy atom. The number of alkyl halides is 2. The Morgan fingerprint density at radius 3 is 2.55 bits per heavy atom. The van der Waals surface area contributed by atoms with E-state index in [1.807, 2.05) is 6.92 Å². The van der Waals surface area contributed by atoms with E-state index in [1.165, 1.54) is 12.1 Å². The molecule has 1 saturated heterocycles. The molecule has 1 heterocycles. The molecule has 0 amide bonds. The minimum atomic E-state index is -2.83. The van der Waals surface area contributed by atoms with Crippen LogP contribution in [0.15, 0.2) is 24.3 Å². The Labute approximate surface area is 116 Å². The number of hydrogen-bond acceptors (Lipinski definition) is 3. The van der Waals surface area contributed by atoms with E-state index in [2.05, 4.69) is 9.64 Å². The fraction of sp³-hybridized carbons (Fsp3) is 0.500. The lowest BCUT2D eigenvalue weighted by atomic mass is 10.1. The zero-order valence-corrected chi connectivity index (χ0v) is 11.1. The summed E-state index contributed by atoms with van der Waals surface area (Å²) in [5.41, 5.74) is 0.956. The molecule has 0 bridgehead atoms. The van der Waals surface area contributed by atoms with Crippen LogP contribution in [0.25, 0.3) is 0 Å². The van der Waals surface area contributed by atoms with Gasteiger partial charge in [0.25, 0.3) is 0 Å². The predicted molar refractivity (Wildman–Crippen MR) is 68.8 cm³/mol. The lowest BCUT2D eigenvalue weighted by Crippen LogP contribution is -2.26. The normalized spacial score (nSPS) is 21.1. The third kappa shape index (κ3) is 3.45. The van der Waals surface area contributed by atoms with Crippen molar-refractivity contribution in [2.24, 2.45) is 5.92 Å². The summed E-state index contributed by atoms with van der Waals surface area (Å²) in [5, 5.41) is 8.99. The number of carboxylic acid groups (broad SMARTS) is 1. The van der Waals surface area contributed by atoms with Gasteiger partial charge in [-0.2, -0.15) is 8.78 Å². The molecule has 2 atom stereocenters. The SMILES string of the molecule is CC(c1ccc(OC(F)F)cc1)N1CCC(C(=O)O)C1. The number of benzene rings is 1. The zero-order valence-electron chi connectivity index (χ0n) is 11.1. The lowest BCUT2D eigenvalue weighted by molar-refractivity contribution is -0.141. The molecule has 1 N–H and O–H groups in total. The first-order chi connectivity index (χ1) is 9.47. The van der Waals surface area contributed by atoms with Gasteiger partial charge in [-0.05, 0) is 37.6 Å². The number of aliphatic carboxylic acids is 1. The molecule has 1 fully saturated rings. The van der Waals surface area contributed by atoms with E-state index >= 15 is 0 Å². The lowest BCUT2D eigenvalue weighted by Gasteiger charge is -2.24. The van der Waals surface area contributed by atoms with Crippen LogP contribution in [0.2, 0.25) is 0 Å². The second kappa shape index (κ2) is 6.17. The summed E-state index contributed by atoms with van der Waals surface area (Å²) in [6, 6.07) is 6.53. The molecule has 1 aliphatic heterocycles. The third-order valence-electron chi connectivity index (χ3n) is 3.70. The van der Waals surface area contributed by atoms with Crippen LogP contribution in [-0.4, -0.2) is 35.7 Å². The second-order valence-electron chi connectivity index (χ2n) is 4.94. The largest absolute Gasteiger partial charge is 0.481 e. The number of halogens is 2. The van der Waals surface area contributed by atoms with Crippen LogP contribution in [0.4, 0.5) is 8.78 Å². The Morgan fingerprint density at radius 1 is 1.40 bits per heavy atom. The van der Waals surface area contributed by atoms with Crippen molar-refractivity contribution in [1.82, 2.24) is 4.90 Å². The first-order valence-electron chi connectivity index (χ1n) is 6.49. The summed E-state index contributed by atoms with van der Waals surface area (Å²) < 4.78 is 28.4. The van der Waals surface area contributed by atoms with Crippen molar-refractivity contribution >= 4 is 5.97 Å². The molecule has 0 saturated carbocycles. The molecule has 0 aliphatic carbocycles. The Kier molecular flexibility index (Phi) is 4.54. The van der Waals surface area contributed by atoms with Gasteiger partial charge in [0.05, 0.1) is 5.92 Å². The molecule has 1 aromatic rings. The summed E-state index contributed by atoms with van der Waals surface area (Å²) in [7, 11) is 0. The maximum Gasteiger partial charge on any atom is 0.387 e. The highest BCUT2D eigenvalue weighted by Crippen LogP contribution is 2.28. The summed E-state index contributed by atoms with van der Waals surface area (Å²) in [4.78, 5) is 13.0. The number of nitrogens with zero attached hydrogens (tertiary/aromatic N) is 1. The average Bonchev–Trinajstić information content (AvgIpc) is 2.88. The fourth-order valence-corrected chi connectivity index (χ4v) is 2.48. The highest BCUT2D eigenvalue weighted by Gasteiger charge is 2.30. The molecule has 2 unspecified atom stereocenters. The number of carbonyl (C=O) groups is 1. The van der Waals surface area contributed by atoms with E-state index in [1.54, 1.807) is 12.1 Å². The van der Waals surface area contributed by atoms with Crippen molar-refractivity contribution in [3.05, 3.63) is 29.8 Å². The van der Waals surface area contributed by atoms with Gasteiger partial charge in [-0.25, -0.2) is 0 Å². The molecule has 0 radical (unpaired) electrons. The van der Waals surface area contributed by atoms with E-state index in [9.17, 15) is 13.6 Å². The number of hydrogen-bond donors (Lipinski definition) is 1. The van der Waals surface area contributed by atoms with Crippen LogP contribution in [0.5, 0.6) is 5.75 Å². The van der Waals surface area contributed by atoms with Crippen LogP contribution < -0.4 is 4.74 Å². The molecular formula is C14H17F2NO3. The first kappa shape index (κ1) is 14.7. The average molecular weight is 285 g/mol. The quantitative estimate of drug-likeness (QED) is 0.903.